The number of alkyl halides is 1. The summed E-state index contributed by atoms with van der Waals surface area (Å²) in [5.41, 5.74) is 0. The Morgan fingerprint density at radius 2 is 2.05 bits per heavy atom. The summed E-state index contributed by atoms with van der Waals surface area (Å²) in [6.07, 6.45) is 0. The highest BCUT2D eigenvalue weighted by atomic mass is 127. The van der Waals surface area contributed by atoms with Crippen LogP contribution in [-0.4, -0.2) is 49.6 Å². The van der Waals surface area contributed by atoms with Gasteiger partial charge in [-0.15, -0.1) is 11.8 Å². The fourth-order valence-corrected chi connectivity index (χ4v) is 4.84. The number of nitrogens with zero attached hydrogens (tertiary/aromatic N) is 1. The van der Waals surface area contributed by atoms with Gasteiger partial charge in [-0.05, 0) is 13.8 Å². The van der Waals surface area contributed by atoms with Gasteiger partial charge in [0, 0.05) is 11.7 Å². The zero-order valence-electron chi connectivity index (χ0n) is 10.7. The number of β-lactam (4-membered cyclic amide) rings is 1. The summed E-state index contributed by atoms with van der Waals surface area (Å²) in [4.78, 5) is 36.1. The van der Waals surface area contributed by atoms with Crippen LogP contribution >= 0.6 is 34.4 Å². The Morgan fingerprint density at radius 3 is 2.63 bits per heavy atom. The van der Waals surface area contributed by atoms with Crippen LogP contribution in [0.2, 0.25) is 0 Å². The highest BCUT2D eigenvalue weighted by Crippen LogP contribution is 2.53. The maximum absolute atomic E-state index is 12.1. The van der Waals surface area contributed by atoms with Crippen molar-refractivity contribution in [1.29, 1.82) is 0 Å². The first-order valence-electron chi connectivity index (χ1n) is 5.70. The van der Waals surface area contributed by atoms with Crippen molar-refractivity contribution in [3.8, 4) is 0 Å². The standard InChI is InChI=1S/C11H14INO5S/c1-5(14)17-4-18-10(16)7-11(2,3)19-9-6(12)8(15)13(7)9/h6-7,9H,4H2,1-3H3/t6-,7+,9-/m1/s1. The SMILES string of the molecule is CC(=O)OCOC(=O)[C@@H]1N2C(=O)[C@@H](I)[C@H]2SC1(C)C. The molecule has 0 N–H and O–H groups in total. The molecule has 2 heterocycles. The van der Waals surface area contributed by atoms with Gasteiger partial charge in [-0.25, -0.2) is 4.79 Å². The van der Waals surface area contributed by atoms with Crippen LogP contribution in [0.25, 0.3) is 0 Å². The number of carbonyl (C=O) groups is 3. The lowest BCUT2D eigenvalue weighted by atomic mass is 9.98. The quantitative estimate of drug-likeness (QED) is 0.231. The summed E-state index contributed by atoms with van der Waals surface area (Å²) >= 11 is 3.69. The van der Waals surface area contributed by atoms with Gasteiger partial charge in [0.2, 0.25) is 12.7 Å². The number of amides is 1. The fraction of sp³-hybridized carbons (Fsp3) is 0.727. The molecule has 0 aliphatic carbocycles. The van der Waals surface area contributed by atoms with E-state index in [1.54, 1.807) is 16.7 Å². The van der Waals surface area contributed by atoms with E-state index in [9.17, 15) is 14.4 Å². The fourth-order valence-electron chi connectivity index (χ4n) is 2.20. The van der Waals surface area contributed by atoms with Crippen molar-refractivity contribution in [2.75, 3.05) is 6.79 Å². The van der Waals surface area contributed by atoms with E-state index in [1.165, 1.54) is 6.92 Å². The smallest absolute Gasteiger partial charge is 0.333 e. The number of thioether (sulfide) groups is 1. The summed E-state index contributed by atoms with van der Waals surface area (Å²) in [6.45, 7) is 4.64. The van der Waals surface area contributed by atoms with Crippen molar-refractivity contribution >= 4 is 52.2 Å². The molecule has 2 aliphatic heterocycles. The number of halogens is 1. The van der Waals surface area contributed by atoms with Crippen molar-refractivity contribution in [1.82, 2.24) is 4.90 Å². The Balaban J connectivity index is 2.03. The molecule has 106 valence electrons. The Hall–Kier alpha value is -0.510. The van der Waals surface area contributed by atoms with Gasteiger partial charge in [0.25, 0.3) is 0 Å². The number of rotatable bonds is 3. The van der Waals surface area contributed by atoms with Crippen LogP contribution in [0.5, 0.6) is 0 Å². The third-order valence-electron chi connectivity index (χ3n) is 3.06. The molecule has 19 heavy (non-hydrogen) atoms. The lowest BCUT2D eigenvalue weighted by molar-refractivity contribution is -0.174. The number of esters is 2. The molecular weight excluding hydrogens is 385 g/mol. The molecule has 0 bridgehead atoms. The second kappa shape index (κ2) is 5.12. The third-order valence-corrected chi connectivity index (χ3v) is 6.34. The minimum Gasteiger partial charge on any atom is -0.428 e. The van der Waals surface area contributed by atoms with E-state index in [1.807, 2.05) is 13.8 Å². The van der Waals surface area contributed by atoms with E-state index in [2.05, 4.69) is 27.3 Å². The van der Waals surface area contributed by atoms with Crippen LogP contribution in [0.4, 0.5) is 0 Å². The number of carbonyl (C=O) groups excluding carboxylic acids is 3. The molecule has 0 saturated carbocycles. The number of hydrogen-bond donors (Lipinski definition) is 0. The van der Waals surface area contributed by atoms with E-state index in [0.29, 0.717) is 0 Å². The summed E-state index contributed by atoms with van der Waals surface area (Å²) in [5, 5.41) is 0.0226. The maximum atomic E-state index is 12.1. The third kappa shape index (κ3) is 2.56. The molecule has 0 unspecified atom stereocenters. The lowest BCUT2D eigenvalue weighted by Gasteiger charge is -2.41. The molecule has 6 nitrogen and oxygen atoms in total. The Labute approximate surface area is 128 Å². The molecule has 1 amide bonds. The van der Waals surface area contributed by atoms with Crippen LogP contribution in [0.3, 0.4) is 0 Å². The highest BCUT2D eigenvalue weighted by molar-refractivity contribution is 14.1. The van der Waals surface area contributed by atoms with Crippen LogP contribution < -0.4 is 0 Å². The van der Waals surface area contributed by atoms with Gasteiger partial charge < -0.3 is 14.4 Å². The van der Waals surface area contributed by atoms with Gasteiger partial charge in [0.05, 0.1) is 0 Å². The van der Waals surface area contributed by atoms with Crippen molar-refractivity contribution in [3.63, 3.8) is 0 Å². The molecule has 3 atom stereocenters. The monoisotopic (exact) mass is 399 g/mol. The second-order valence-electron chi connectivity index (χ2n) is 4.88. The summed E-state index contributed by atoms with van der Waals surface area (Å²) < 4.78 is 8.99. The van der Waals surface area contributed by atoms with Crippen molar-refractivity contribution in [3.05, 3.63) is 0 Å². The minimum absolute atomic E-state index is 0.0226. The predicted molar refractivity (Wildman–Crippen MR) is 76.6 cm³/mol. The molecule has 8 heteroatoms. The molecule has 0 aromatic rings. The van der Waals surface area contributed by atoms with Crippen LogP contribution in [0, 0.1) is 0 Å². The first-order valence-corrected chi connectivity index (χ1v) is 7.82. The molecule has 2 aliphatic rings. The molecule has 0 aromatic carbocycles. The van der Waals surface area contributed by atoms with Gasteiger partial charge in [0.15, 0.2) is 0 Å². The van der Waals surface area contributed by atoms with Crippen molar-refractivity contribution in [2.24, 2.45) is 0 Å². The van der Waals surface area contributed by atoms with Crippen LogP contribution in [0.1, 0.15) is 20.8 Å². The average Bonchev–Trinajstić information content (AvgIpc) is 2.57. The second-order valence-corrected chi connectivity index (χ2v) is 7.99. The average molecular weight is 399 g/mol. The largest absolute Gasteiger partial charge is 0.428 e. The molecular formula is C11H14INO5S. The van der Waals surface area contributed by atoms with Crippen molar-refractivity contribution < 1.29 is 23.9 Å². The summed E-state index contributed by atoms with van der Waals surface area (Å²) in [5.74, 6) is -1.09. The van der Waals surface area contributed by atoms with Gasteiger partial charge >= 0.3 is 11.9 Å². The summed E-state index contributed by atoms with van der Waals surface area (Å²) in [6, 6.07) is -0.628. The number of ether oxygens (including phenoxy) is 2. The van der Waals surface area contributed by atoms with E-state index >= 15 is 0 Å². The molecule has 0 radical (unpaired) electrons. The number of fused-ring (bicyclic) bond motifs is 1. The molecule has 0 spiro atoms. The van der Waals surface area contributed by atoms with Gasteiger partial charge in [-0.2, -0.15) is 0 Å². The summed E-state index contributed by atoms with van der Waals surface area (Å²) in [7, 11) is 0. The molecule has 2 saturated heterocycles. The van der Waals surface area contributed by atoms with E-state index in [0.717, 1.165) is 0 Å². The van der Waals surface area contributed by atoms with Gasteiger partial charge in [-0.3, -0.25) is 9.59 Å². The molecule has 2 fully saturated rings. The highest BCUT2D eigenvalue weighted by Gasteiger charge is 2.63. The van der Waals surface area contributed by atoms with E-state index < -0.39 is 29.5 Å². The Kier molecular flexibility index (Phi) is 4.01. The van der Waals surface area contributed by atoms with Crippen LogP contribution in [0.15, 0.2) is 0 Å². The lowest BCUT2D eigenvalue weighted by Crippen LogP contribution is -2.63. The van der Waals surface area contributed by atoms with Crippen LogP contribution in [-0.2, 0) is 23.9 Å². The minimum atomic E-state index is -0.628. The molecule has 0 aromatic heterocycles. The Morgan fingerprint density at radius 1 is 1.42 bits per heavy atom. The number of hydrogen-bond acceptors (Lipinski definition) is 6. The first-order chi connectivity index (χ1) is 8.75. The molecule has 2 rings (SSSR count). The first kappa shape index (κ1) is 14.9. The van der Waals surface area contributed by atoms with Crippen molar-refractivity contribution in [2.45, 2.75) is 40.9 Å². The maximum Gasteiger partial charge on any atom is 0.333 e. The zero-order chi connectivity index (χ0) is 14.4. The topological polar surface area (TPSA) is 72.9 Å². The van der Waals surface area contributed by atoms with E-state index in [4.69, 9.17) is 4.74 Å². The normalized spacial score (nSPS) is 31.5. The zero-order valence-corrected chi connectivity index (χ0v) is 13.7. The van der Waals surface area contributed by atoms with Gasteiger partial charge in [0.1, 0.15) is 15.3 Å². The Bertz CT molecular complexity index is 441. The van der Waals surface area contributed by atoms with Gasteiger partial charge in [-0.1, -0.05) is 22.6 Å². The predicted octanol–water partition coefficient (Wildman–Crippen LogP) is 0.916. The van der Waals surface area contributed by atoms with E-state index in [-0.39, 0.29) is 15.2 Å².